The summed E-state index contributed by atoms with van der Waals surface area (Å²) in [5.74, 6) is 0.414. The highest BCUT2D eigenvalue weighted by Gasteiger charge is 2.37. The SMILES string of the molecule is O=C(CC[C@H]1NC(=O)N(Cc2ccccc2)C1=O)NCCCc1nnc2ccccn12. The molecule has 1 fully saturated rings. The van der Waals surface area contributed by atoms with Gasteiger partial charge in [0.05, 0.1) is 6.54 Å². The van der Waals surface area contributed by atoms with E-state index in [4.69, 9.17) is 0 Å². The van der Waals surface area contributed by atoms with Gasteiger partial charge in [-0.1, -0.05) is 36.4 Å². The van der Waals surface area contributed by atoms with Gasteiger partial charge in [0.1, 0.15) is 11.9 Å². The molecule has 0 spiro atoms. The van der Waals surface area contributed by atoms with Crippen molar-refractivity contribution < 1.29 is 14.4 Å². The molecule has 0 saturated carbocycles. The molecule has 9 nitrogen and oxygen atoms in total. The van der Waals surface area contributed by atoms with Crippen molar-refractivity contribution in [2.45, 2.75) is 38.3 Å². The van der Waals surface area contributed by atoms with Crippen molar-refractivity contribution in [3.05, 3.63) is 66.1 Å². The predicted molar refractivity (Wildman–Crippen MR) is 113 cm³/mol. The van der Waals surface area contributed by atoms with Crippen LogP contribution in [-0.4, -0.2) is 49.9 Å². The Morgan fingerprint density at radius 2 is 1.87 bits per heavy atom. The number of fused-ring (bicyclic) bond motifs is 1. The van der Waals surface area contributed by atoms with Crippen LogP contribution >= 0.6 is 0 Å². The summed E-state index contributed by atoms with van der Waals surface area (Å²) >= 11 is 0. The van der Waals surface area contributed by atoms with E-state index >= 15 is 0 Å². The number of benzene rings is 1. The third kappa shape index (κ3) is 4.88. The van der Waals surface area contributed by atoms with Gasteiger partial charge in [-0.25, -0.2) is 4.79 Å². The van der Waals surface area contributed by atoms with E-state index in [0.29, 0.717) is 13.0 Å². The number of carbonyl (C=O) groups excluding carboxylic acids is 3. The van der Waals surface area contributed by atoms with Gasteiger partial charge >= 0.3 is 6.03 Å². The van der Waals surface area contributed by atoms with Gasteiger partial charge in [-0.2, -0.15) is 0 Å². The molecule has 1 saturated heterocycles. The van der Waals surface area contributed by atoms with Crippen molar-refractivity contribution >= 4 is 23.5 Å². The Morgan fingerprint density at radius 3 is 2.71 bits per heavy atom. The lowest BCUT2D eigenvalue weighted by Crippen LogP contribution is -2.32. The Bertz CT molecular complexity index is 1080. The van der Waals surface area contributed by atoms with Crippen molar-refractivity contribution in [2.24, 2.45) is 0 Å². The van der Waals surface area contributed by atoms with Crippen molar-refractivity contribution in [1.82, 2.24) is 30.1 Å². The molecule has 0 radical (unpaired) electrons. The molecule has 4 rings (SSSR count). The topological polar surface area (TPSA) is 109 Å². The fourth-order valence-electron chi connectivity index (χ4n) is 3.59. The van der Waals surface area contributed by atoms with E-state index in [2.05, 4.69) is 20.8 Å². The number of nitrogens with zero attached hydrogens (tertiary/aromatic N) is 4. The van der Waals surface area contributed by atoms with Crippen LogP contribution in [0.25, 0.3) is 5.65 Å². The highest BCUT2D eigenvalue weighted by molar-refractivity contribution is 6.04. The van der Waals surface area contributed by atoms with Crippen LogP contribution in [0.15, 0.2) is 54.7 Å². The number of rotatable bonds is 9. The summed E-state index contributed by atoms with van der Waals surface area (Å²) in [6, 6.07) is 14.0. The summed E-state index contributed by atoms with van der Waals surface area (Å²) in [7, 11) is 0. The molecule has 0 bridgehead atoms. The van der Waals surface area contributed by atoms with Crippen molar-refractivity contribution in [3.8, 4) is 0 Å². The lowest BCUT2D eigenvalue weighted by atomic mass is 10.1. The fourth-order valence-corrected chi connectivity index (χ4v) is 3.59. The lowest BCUT2D eigenvalue weighted by Gasteiger charge is -2.13. The van der Waals surface area contributed by atoms with E-state index in [1.807, 2.05) is 59.1 Å². The summed E-state index contributed by atoms with van der Waals surface area (Å²) in [4.78, 5) is 38.0. The maximum Gasteiger partial charge on any atom is 0.325 e. The molecule has 1 atom stereocenters. The van der Waals surface area contributed by atoms with E-state index in [1.54, 1.807) is 0 Å². The van der Waals surface area contributed by atoms with Crippen molar-refractivity contribution in [3.63, 3.8) is 0 Å². The second kappa shape index (κ2) is 9.38. The number of aryl methyl sites for hydroxylation is 1. The molecule has 160 valence electrons. The summed E-state index contributed by atoms with van der Waals surface area (Å²) in [6.45, 7) is 0.733. The standard InChI is InChI=1S/C22H24N6O3/c29-20(23-13-6-10-19-26-25-18-9-4-5-14-27(18)19)12-11-17-21(30)28(22(31)24-17)15-16-7-2-1-3-8-16/h1-5,7-9,14,17H,6,10-13,15H2,(H,23,29)(H,24,31)/t17-/m1/s1. The first-order valence-electron chi connectivity index (χ1n) is 10.3. The van der Waals surface area contributed by atoms with Gasteiger partial charge in [-0.3, -0.25) is 18.9 Å². The third-order valence-electron chi connectivity index (χ3n) is 5.23. The average molecular weight is 420 g/mol. The van der Waals surface area contributed by atoms with Crippen molar-refractivity contribution in [1.29, 1.82) is 0 Å². The van der Waals surface area contributed by atoms with E-state index < -0.39 is 12.1 Å². The van der Waals surface area contributed by atoms with Crippen molar-refractivity contribution in [2.75, 3.05) is 6.54 Å². The van der Waals surface area contributed by atoms with Gasteiger partial charge in [0.2, 0.25) is 5.91 Å². The van der Waals surface area contributed by atoms with Gasteiger partial charge in [-0.15, -0.1) is 10.2 Å². The lowest BCUT2D eigenvalue weighted by molar-refractivity contribution is -0.128. The van der Waals surface area contributed by atoms with Gasteiger partial charge in [-0.05, 0) is 30.5 Å². The van der Waals surface area contributed by atoms with E-state index in [1.165, 1.54) is 4.90 Å². The normalized spacial score (nSPS) is 16.0. The minimum atomic E-state index is -0.663. The Kier molecular flexibility index (Phi) is 6.21. The quantitative estimate of drug-likeness (QED) is 0.404. The minimum absolute atomic E-state index is 0.144. The second-order valence-electron chi connectivity index (χ2n) is 7.45. The largest absolute Gasteiger partial charge is 0.356 e. The molecule has 1 aliphatic heterocycles. The van der Waals surface area contributed by atoms with E-state index in [0.717, 1.165) is 23.5 Å². The first kappa shape index (κ1) is 20.5. The van der Waals surface area contributed by atoms with Crippen LogP contribution in [-0.2, 0) is 22.6 Å². The van der Waals surface area contributed by atoms with Crippen LogP contribution in [0.3, 0.4) is 0 Å². The molecule has 1 aliphatic rings. The first-order chi connectivity index (χ1) is 15.1. The number of pyridine rings is 1. The molecule has 1 aromatic carbocycles. The number of urea groups is 1. The van der Waals surface area contributed by atoms with Gasteiger partial charge in [0, 0.05) is 25.6 Å². The Morgan fingerprint density at radius 1 is 1.06 bits per heavy atom. The zero-order chi connectivity index (χ0) is 21.6. The van der Waals surface area contributed by atoms with Gasteiger partial charge in [0.25, 0.3) is 5.91 Å². The summed E-state index contributed by atoms with van der Waals surface area (Å²) in [5.41, 5.74) is 1.68. The van der Waals surface area contributed by atoms with Crippen LogP contribution in [0.1, 0.15) is 30.7 Å². The predicted octanol–water partition coefficient (Wildman–Crippen LogP) is 1.68. The molecule has 3 aromatic rings. The van der Waals surface area contributed by atoms with Crippen LogP contribution in [0.4, 0.5) is 4.79 Å². The molecule has 4 amide bonds. The fraction of sp³-hybridized carbons (Fsp3) is 0.318. The zero-order valence-electron chi connectivity index (χ0n) is 17.0. The van der Waals surface area contributed by atoms with E-state index in [-0.39, 0.29) is 31.2 Å². The minimum Gasteiger partial charge on any atom is -0.356 e. The Hall–Kier alpha value is -3.75. The number of aromatic nitrogens is 3. The number of nitrogens with one attached hydrogen (secondary N) is 2. The van der Waals surface area contributed by atoms with Crippen LogP contribution < -0.4 is 10.6 Å². The smallest absolute Gasteiger partial charge is 0.325 e. The first-order valence-corrected chi connectivity index (χ1v) is 10.3. The molecule has 0 aliphatic carbocycles. The highest BCUT2D eigenvalue weighted by Crippen LogP contribution is 2.15. The third-order valence-corrected chi connectivity index (χ3v) is 5.23. The second-order valence-corrected chi connectivity index (χ2v) is 7.45. The van der Waals surface area contributed by atoms with Crippen LogP contribution in [0.2, 0.25) is 0 Å². The van der Waals surface area contributed by atoms with E-state index in [9.17, 15) is 14.4 Å². The molecule has 0 unspecified atom stereocenters. The maximum absolute atomic E-state index is 12.5. The highest BCUT2D eigenvalue weighted by atomic mass is 16.2. The molecular weight excluding hydrogens is 396 g/mol. The summed E-state index contributed by atoms with van der Waals surface area (Å²) < 4.78 is 1.93. The number of amides is 4. The average Bonchev–Trinajstić information content (AvgIpc) is 3.32. The molecule has 2 aromatic heterocycles. The number of hydrogen-bond acceptors (Lipinski definition) is 5. The summed E-state index contributed by atoms with van der Waals surface area (Å²) in [5, 5.41) is 13.8. The Labute approximate surface area is 179 Å². The van der Waals surface area contributed by atoms with Gasteiger partial charge < -0.3 is 10.6 Å². The summed E-state index contributed by atoms with van der Waals surface area (Å²) in [6.07, 6.45) is 3.78. The van der Waals surface area contributed by atoms with Crippen LogP contribution in [0, 0.1) is 0 Å². The molecule has 9 heteroatoms. The number of hydrogen-bond donors (Lipinski definition) is 2. The zero-order valence-corrected chi connectivity index (χ0v) is 17.0. The Balaban J connectivity index is 1.18. The number of carbonyl (C=O) groups is 3. The molecule has 31 heavy (non-hydrogen) atoms. The van der Waals surface area contributed by atoms with Crippen LogP contribution in [0.5, 0.6) is 0 Å². The molecule has 2 N–H and O–H groups in total. The van der Waals surface area contributed by atoms with Gasteiger partial charge in [0.15, 0.2) is 5.65 Å². The molecule has 3 heterocycles. The number of imide groups is 1. The molecular formula is C22H24N6O3. The monoisotopic (exact) mass is 420 g/mol. The maximum atomic E-state index is 12.5.